The first-order chi connectivity index (χ1) is 9.09. The van der Waals surface area contributed by atoms with Gasteiger partial charge >= 0.3 is 0 Å². The highest BCUT2D eigenvalue weighted by Crippen LogP contribution is 2.48. The lowest BCUT2D eigenvalue weighted by atomic mass is 9.77. The van der Waals surface area contributed by atoms with Gasteiger partial charge in [-0.3, -0.25) is 0 Å². The highest BCUT2D eigenvalue weighted by molar-refractivity contribution is 9.10. The molecule has 2 N–H and O–H groups in total. The molecule has 1 aromatic carbocycles. The molecule has 2 rings (SSSR count). The molecule has 1 saturated carbocycles. The minimum absolute atomic E-state index is 0.0604. The number of hydrogen-bond acceptors (Lipinski definition) is 3. The summed E-state index contributed by atoms with van der Waals surface area (Å²) < 4.78 is 12.1. The minimum Gasteiger partial charge on any atom is -0.496 e. The highest BCUT2D eigenvalue weighted by Gasteiger charge is 2.38. The third-order valence-electron chi connectivity index (χ3n) is 4.34. The average Bonchev–Trinajstić information content (AvgIpc) is 2.88. The van der Waals surface area contributed by atoms with Crippen LogP contribution in [0.1, 0.15) is 36.8 Å². The van der Waals surface area contributed by atoms with Gasteiger partial charge in [0.1, 0.15) is 11.5 Å². The zero-order valence-electron chi connectivity index (χ0n) is 11.9. The Labute approximate surface area is 123 Å². The van der Waals surface area contributed by atoms with Crippen molar-refractivity contribution in [3.05, 3.63) is 21.7 Å². The molecule has 0 spiro atoms. The summed E-state index contributed by atoms with van der Waals surface area (Å²) in [6.45, 7) is 2.70. The topological polar surface area (TPSA) is 44.5 Å². The van der Waals surface area contributed by atoms with Gasteiger partial charge in [0.05, 0.1) is 18.7 Å². The van der Waals surface area contributed by atoms with Crippen molar-refractivity contribution in [2.75, 3.05) is 20.8 Å². The molecule has 0 amide bonds. The van der Waals surface area contributed by atoms with Gasteiger partial charge in [-0.1, -0.05) is 12.8 Å². The van der Waals surface area contributed by atoms with E-state index in [9.17, 15) is 0 Å². The predicted molar refractivity (Wildman–Crippen MR) is 81.2 cm³/mol. The summed E-state index contributed by atoms with van der Waals surface area (Å²) in [4.78, 5) is 0. The second-order valence-corrected chi connectivity index (χ2v) is 6.14. The summed E-state index contributed by atoms with van der Waals surface area (Å²) in [5.74, 6) is 1.76. The van der Waals surface area contributed by atoms with Gasteiger partial charge in [-0.2, -0.15) is 0 Å². The fourth-order valence-corrected chi connectivity index (χ4v) is 3.97. The van der Waals surface area contributed by atoms with Crippen LogP contribution in [0, 0.1) is 6.92 Å². The maximum Gasteiger partial charge on any atom is 0.139 e. The number of ether oxygens (including phenoxy) is 2. The third kappa shape index (κ3) is 2.36. The zero-order valence-corrected chi connectivity index (χ0v) is 13.5. The van der Waals surface area contributed by atoms with Crippen molar-refractivity contribution in [3.63, 3.8) is 0 Å². The van der Waals surface area contributed by atoms with E-state index < -0.39 is 0 Å². The van der Waals surface area contributed by atoms with Gasteiger partial charge in [-0.15, -0.1) is 0 Å². The van der Waals surface area contributed by atoms with Crippen molar-refractivity contribution in [2.24, 2.45) is 5.73 Å². The third-order valence-corrected chi connectivity index (χ3v) is 4.93. The van der Waals surface area contributed by atoms with Gasteiger partial charge in [0, 0.05) is 23.1 Å². The van der Waals surface area contributed by atoms with Crippen molar-refractivity contribution in [1.29, 1.82) is 0 Å². The van der Waals surface area contributed by atoms with E-state index in [1.807, 2.05) is 6.92 Å². The summed E-state index contributed by atoms with van der Waals surface area (Å²) in [5.41, 5.74) is 8.41. The Morgan fingerprint density at radius 1 is 1.21 bits per heavy atom. The normalized spacial score (nSPS) is 17.5. The number of nitrogens with two attached hydrogens (primary N) is 1. The van der Waals surface area contributed by atoms with Crippen LogP contribution < -0.4 is 15.2 Å². The second kappa shape index (κ2) is 5.71. The molecule has 0 bridgehead atoms. The largest absolute Gasteiger partial charge is 0.496 e. The molecule has 0 unspecified atom stereocenters. The maximum atomic E-state index is 6.09. The first kappa shape index (κ1) is 14.7. The Morgan fingerprint density at radius 3 is 2.26 bits per heavy atom. The van der Waals surface area contributed by atoms with Crippen LogP contribution in [0.15, 0.2) is 10.5 Å². The fraction of sp³-hybridized carbons (Fsp3) is 0.600. The molecule has 0 radical (unpaired) electrons. The number of benzene rings is 1. The summed E-state index contributed by atoms with van der Waals surface area (Å²) >= 11 is 3.60. The summed E-state index contributed by atoms with van der Waals surface area (Å²) in [6, 6.07) is 2.13. The van der Waals surface area contributed by atoms with Gasteiger partial charge in [-0.05, 0) is 41.8 Å². The van der Waals surface area contributed by atoms with Gasteiger partial charge in [0.25, 0.3) is 0 Å². The molecule has 0 atom stereocenters. The summed E-state index contributed by atoms with van der Waals surface area (Å²) in [6.07, 6.45) is 4.75. The van der Waals surface area contributed by atoms with Gasteiger partial charge in [0.2, 0.25) is 0 Å². The Balaban J connectivity index is 2.62. The molecule has 0 heterocycles. The van der Waals surface area contributed by atoms with E-state index in [0.29, 0.717) is 6.54 Å². The molecule has 1 aliphatic rings. The number of methoxy groups -OCH3 is 2. The van der Waals surface area contributed by atoms with E-state index in [4.69, 9.17) is 15.2 Å². The van der Waals surface area contributed by atoms with E-state index in [1.165, 1.54) is 18.4 Å². The monoisotopic (exact) mass is 327 g/mol. The Bertz CT molecular complexity index is 468. The Hall–Kier alpha value is -0.740. The average molecular weight is 328 g/mol. The smallest absolute Gasteiger partial charge is 0.139 e. The van der Waals surface area contributed by atoms with Crippen molar-refractivity contribution in [2.45, 2.75) is 38.0 Å². The van der Waals surface area contributed by atoms with Crippen LogP contribution in [0.3, 0.4) is 0 Å². The number of halogens is 1. The van der Waals surface area contributed by atoms with E-state index in [2.05, 4.69) is 22.0 Å². The second-order valence-electron chi connectivity index (χ2n) is 5.29. The zero-order chi connectivity index (χ0) is 14.0. The quantitative estimate of drug-likeness (QED) is 0.919. The summed E-state index contributed by atoms with van der Waals surface area (Å²) in [5, 5.41) is 0. The molecule has 1 aromatic rings. The van der Waals surface area contributed by atoms with Gasteiger partial charge in [0.15, 0.2) is 0 Å². The molecule has 1 aliphatic carbocycles. The lowest BCUT2D eigenvalue weighted by molar-refractivity contribution is 0.363. The molecule has 0 aliphatic heterocycles. The van der Waals surface area contributed by atoms with E-state index in [0.717, 1.165) is 34.4 Å². The highest BCUT2D eigenvalue weighted by atomic mass is 79.9. The van der Waals surface area contributed by atoms with Crippen LogP contribution in [0.2, 0.25) is 0 Å². The molecular formula is C15H22BrNO2. The van der Waals surface area contributed by atoms with Crippen molar-refractivity contribution in [1.82, 2.24) is 0 Å². The van der Waals surface area contributed by atoms with Gasteiger partial charge in [-0.25, -0.2) is 0 Å². The summed E-state index contributed by atoms with van der Waals surface area (Å²) in [7, 11) is 3.40. The Morgan fingerprint density at radius 2 is 1.79 bits per heavy atom. The lowest BCUT2D eigenvalue weighted by Gasteiger charge is -2.31. The number of rotatable bonds is 4. The molecule has 0 aromatic heterocycles. The van der Waals surface area contributed by atoms with Crippen LogP contribution in [0.4, 0.5) is 0 Å². The molecule has 106 valence electrons. The van der Waals surface area contributed by atoms with Crippen LogP contribution in [0.5, 0.6) is 11.5 Å². The predicted octanol–water partition coefficient (Wildman–Crippen LogP) is 3.55. The van der Waals surface area contributed by atoms with Crippen LogP contribution in [-0.2, 0) is 5.41 Å². The number of hydrogen-bond donors (Lipinski definition) is 1. The molecule has 0 saturated heterocycles. The molecular weight excluding hydrogens is 306 g/mol. The van der Waals surface area contributed by atoms with E-state index >= 15 is 0 Å². The van der Waals surface area contributed by atoms with E-state index in [1.54, 1.807) is 14.2 Å². The van der Waals surface area contributed by atoms with Crippen molar-refractivity contribution < 1.29 is 9.47 Å². The van der Waals surface area contributed by atoms with Crippen molar-refractivity contribution in [3.8, 4) is 11.5 Å². The molecule has 4 heteroatoms. The van der Waals surface area contributed by atoms with Crippen molar-refractivity contribution >= 4 is 15.9 Å². The SMILES string of the molecule is COc1c(Br)cc(C2(CN)CCCC2)c(OC)c1C. The molecule has 1 fully saturated rings. The first-order valence-electron chi connectivity index (χ1n) is 6.71. The van der Waals surface area contributed by atoms with E-state index in [-0.39, 0.29) is 5.41 Å². The van der Waals surface area contributed by atoms with Gasteiger partial charge < -0.3 is 15.2 Å². The standard InChI is InChI=1S/C15H22BrNO2/c1-10-13(18-2)11(8-12(16)14(10)19-3)15(9-17)6-4-5-7-15/h8H,4-7,9,17H2,1-3H3. The first-order valence-corrected chi connectivity index (χ1v) is 7.50. The van der Waals surface area contributed by atoms with Crippen LogP contribution >= 0.6 is 15.9 Å². The Kier molecular flexibility index (Phi) is 4.41. The lowest BCUT2D eigenvalue weighted by Crippen LogP contribution is -2.32. The van der Waals surface area contributed by atoms with Crippen LogP contribution in [-0.4, -0.2) is 20.8 Å². The maximum absolute atomic E-state index is 6.09. The minimum atomic E-state index is 0.0604. The fourth-order valence-electron chi connectivity index (χ4n) is 3.28. The molecule has 19 heavy (non-hydrogen) atoms. The molecule has 3 nitrogen and oxygen atoms in total. The van der Waals surface area contributed by atoms with Crippen LogP contribution in [0.25, 0.3) is 0 Å².